The number of allylic oxidation sites excluding steroid dienone is 1. The predicted octanol–water partition coefficient (Wildman–Crippen LogP) is 3.35. The monoisotopic (exact) mass is 380 g/mol. The highest BCUT2D eigenvalue weighted by Gasteiger charge is 2.16. The van der Waals surface area contributed by atoms with Gasteiger partial charge in [0, 0.05) is 49.9 Å². The molecule has 1 aliphatic rings. The van der Waals surface area contributed by atoms with Crippen molar-refractivity contribution in [1.82, 2.24) is 9.80 Å². The molecule has 1 heterocycles. The van der Waals surface area contributed by atoms with E-state index in [4.69, 9.17) is 9.47 Å². The lowest BCUT2D eigenvalue weighted by Gasteiger charge is -2.32. The van der Waals surface area contributed by atoms with E-state index in [1.165, 1.54) is 0 Å². The van der Waals surface area contributed by atoms with Crippen molar-refractivity contribution in [3.63, 3.8) is 0 Å². The van der Waals surface area contributed by atoms with Crippen LogP contribution in [0.25, 0.3) is 6.08 Å². The molecule has 148 valence electrons. The average molecular weight is 380 g/mol. The van der Waals surface area contributed by atoms with Crippen molar-refractivity contribution >= 4 is 11.9 Å². The highest BCUT2D eigenvalue weighted by atomic mass is 16.5. The van der Waals surface area contributed by atoms with Crippen molar-refractivity contribution in [3.05, 3.63) is 65.2 Å². The van der Waals surface area contributed by atoms with Gasteiger partial charge in [0.05, 0.1) is 14.2 Å². The van der Waals surface area contributed by atoms with Crippen molar-refractivity contribution in [2.75, 3.05) is 47.4 Å². The molecular weight excluding hydrogens is 352 g/mol. The van der Waals surface area contributed by atoms with Gasteiger partial charge in [-0.2, -0.15) is 0 Å². The number of ether oxygens (including phenoxy) is 2. The third kappa shape index (κ3) is 5.00. The van der Waals surface area contributed by atoms with Crippen molar-refractivity contribution in [2.24, 2.45) is 0 Å². The van der Waals surface area contributed by atoms with Gasteiger partial charge in [-0.15, -0.1) is 0 Å². The van der Waals surface area contributed by atoms with E-state index in [9.17, 15) is 4.79 Å². The maximum absolute atomic E-state index is 12.9. The van der Waals surface area contributed by atoms with Gasteiger partial charge in [0.25, 0.3) is 0 Å². The van der Waals surface area contributed by atoms with Gasteiger partial charge in [-0.05, 0) is 36.9 Å². The first-order valence-electron chi connectivity index (χ1n) is 9.54. The molecule has 0 radical (unpaired) electrons. The minimum absolute atomic E-state index is 0.00241. The molecule has 5 heteroatoms. The van der Waals surface area contributed by atoms with Crippen LogP contribution in [0.1, 0.15) is 21.5 Å². The molecule has 5 nitrogen and oxygen atoms in total. The number of likely N-dealkylation sites (N-methyl/N-ethyl adjacent to an activating group) is 1. The molecular formula is C23H28N2O3. The molecule has 0 spiro atoms. The van der Waals surface area contributed by atoms with Crippen LogP contribution in [-0.4, -0.2) is 63.0 Å². The number of benzene rings is 2. The summed E-state index contributed by atoms with van der Waals surface area (Å²) in [6.07, 6.45) is 3.42. The summed E-state index contributed by atoms with van der Waals surface area (Å²) in [6, 6.07) is 13.4. The molecule has 0 amide bonds. The predicted molar refractivity (Wildman–Crippen MR) is 112 cm³/mol. The number of hydrogen-bond donors (Lipinski definition) is 0. The van der Waals surface area contributed by atoms with Crippen LogP contribution in [0.5, 0.6) is 11.5 Å². The Morgan fingerprint density at radius 3 is 2.50 bits per heavy atom. The largest absolute Gasteiger partial charge is 0.497 e. The Bertz CT molecular complexity index is 839. The zero-order valence-corrected chi connectivity index (χ0v) is 16.9. The Balaban J connectivity index is 1.75. The van der Waals surface area contributed by atoms with Gasteiger partial charge in [0.15, 0.2) is 5.78 Å². The fourth-order valence-electron chi connectivity index (χ4n) is 3.36. The zero-order chi connectivity index (χ0) is 19.9. The normalized spacial score (nSPS) is 15.7. The summed E-state index contributed by atoms with van der Waals surface area (Å²) in [4.78, 5) is 17.6. The standard InChI is InChI=1S/C23H28N2O3/c1-24-12-14-25(15-13-24)17-19-6-4-5-7-21(19)22(26)11-9-18-8-10-20(27-2)16-23(18)28-3/h4-11,16H,12-15,17H2,1-3H3. The molecule has 0 aromatic heterocycles. The van der Waals surface area contributed by atoms with Gasteiger partial charge in [0.2, 0.25) is 0 Å². The highest BCUT2D eigenvalue weighted by Crippen LogP contribution is 2.26. The quantitative estimate of drug-likeness (QED) is 0.544. The third-order valence-corrected chi connectivity index (χ3v) is 5.13. The summed E-state index contributed by atoms with van der Waals surface area (Å²) in [6.45, 7) is 4.98. The average Bonchev–Trinajstić information content (AvgIpc) is 2.74. The summed E-state index contributed by atoms with van der Waals surface area (Å²) < 4.78 is 10.6. The smallest absolute Gasteiger partial charge is 0.186 e. The lowest BCUT2D eigenvalue weighted by atomic mass is 10.0. The molecule has 28 heavy (non-hydrogen) atoms. The molecule has 0 saturated carbocycles. The molecule has 2 aromatic carbocycles. The van der Waals surface area contributed by atoms with Gasteiger partial charge in [-0.25, -0.2) is 0 Å². The molecule has 3 rings (SSSR count). The second-order valence-electron chi connectivity index (χ2n) is 7.04. The van der Waals surface area contributed by atoms with E-state index in [0.29, 0.717) is 5.75 Å². The van der Waals surface area contributed by atoms with Gasteiger partial charge < -0.3 is 14.4 Å². The van der Waals surface area contributed by atoms with E-state index < -0.39 is 0 Å². The van der Waals surface area contributed by atoms with E-state index in [1.54, 1.807) is 26.4 Å². The number of ketones is 1. The molecule has 1 fully saturated rings. The minimum Gasteiger partial charge on any atom is -0.497 e. The molecule has 0 unspecified atom stereocenters. The van der Waals surface area contributed by atoms with Crippen LogP contribution < -0.4 is 9.47 Å². The summed E-state index contributed by atoms with van der Waals surface area (Å²) >= 11 is 0. The maximum atomic E-state index is 12.9. The van der Waals surface area contributed by atoms with Crippen LogP contribution in [-0.2, 0) is 6.54 Å². The van der Waals surface area contributed by atoms with Crippen molar-refractivity contribution in [2.45, 2.75) is 6.54 Å². The van der Waals surface area contributed by atoms with E-state index in [1.807, 2.05) is 42.5 Å². The number of rotatable bonds is 7. The summed E-state index contributed by atoms with van der Waals surface area (Å²) in [5.41, 5.74) is 2.67. The minimum atomic E-state index is 0.00241. The third-order valence-electron chi connectivity index (χ3n) is 5.13. The number of nitrogens with zero attached hydrogens (tertiary/aromatic N) is 2. The fourth-order valence-corrected chi connectivity index (χ4v) is 3.36. The first kappa shape index (κ1) is 20.1. The highest BCUT2D eigenvalue weighted by molar-refractivity contribution is 6.07. The van der Waals surface area contributed by atoms with Crippen molar-refractivity contribution < 1.29 is 14.3 Å². The molecule has 0 atom stereocenters. The van der Waals surface area contributed by atoms with Crippen LogP contribution in [0.2, 0.25) is 0 Å². The van der Waals surface area contributed by atoms with Crippen LogP contribution in [0.3, 0.4) is 0 Å². The number of methoxy groups -OCH3 is 2. The maximum Gasteiger partial charge on any atom is 0.186 e. The van der Waals surface area contributed by atoms with Gasteiger partial charge in [-0.1, -0.05) is 24.3 Å². The van der Waals surface area contributed by atoms with E-state index in [2.05, 4.69) is 16.8 Å². The molecule has 0 bridgehead atoms. The van der Waals surface area contributed by atoms with Crippen molar-refractivity contribution in [1.29, 1.82) is 0 Å². The van der Waals surface area contributed by atoms with Crippen LogP contribution in [0.15, 0.2) is 48.5 Å². The van der Waals surface area contributed by atoms with E-state index in [0.717, 1.165) is 55.2 Å². The number of carbonyl (C=O) groups excluding carboxylic acids is 1. The lowest BCUT2D eigenvalue weighted by Crippen LogP contribution is -2.44. The van der Waals surface area contributed by atoms with E-state index in [-0.39, 0.29) is 5.78 Å². The molecule has 1 saturated heterocycles. The Labute approximate surface area is 167 Å². The Hall–Kier alpha value is -2.63. The summed E-state index contributed by atoms with van der Waals surface area (Å²) in [5, 5.41) is 0. The Morgan fingerprint density at radius 2 is 1.79 bits per heavy atom. The number of piperazine rings is 1. The summed E-state index contributed by atoms with van der Waals surface area (Å²) in [5.74, 6) is 1.40. The molecule has 0 aliphatic carbocycles. The van der Waals surface area contributed by atoms with Crippen LogP contribution in [0.4, 0.5) is 0 Å². The lowest BCUT2D eigenvalue weighted by molar-refractivity contribution is 0.104. The summed E-state index contributed by atoms with van der Waals surface area (Å²) in [7, 11) is 5.37. The molecule has 2 aromatic rings. The second kappa shape index (κ2) is 9.53. The number of carbonyl (C=O) groups is 1. The topological polar surface area (TPSA) is 42.0 Å². The van der Waals surface area contributed by atoms with Gasteiger partial charge in [0.1, 0.15) is 11.5 Å². The first-order valence-corrected chi connectivity index (χ1v) is 9.54. The number of hydrogen-bond acceptors (Lipinski definition) is 5. The Kier molecular flexibility index (Phi) is 6.85. The molecule has 1 aliphatic heterocycles. The first-order chi connectivity index (χ1) is 13.6. The van der Waals surface area contributed by atoms with Crippen LogP contribution >= 0.6 is 0 Å². The fraction of sp³-hybridized carbons (Fsp3) is 0.348. The van der Waals surface area contributed by atoms with E-state index >= 15 is 0 Å². The second-order valence-corrected chi connectivity index (χ2v) is 7.04. The van der Waals surface area contributed by atoms with Gasteiger partial charge in [-0.3, -0.25) is 9.69 Å². The Morgan fingerprint density at radius 1 is 1.04 bits per heavy atom. The van der Waals surface area contributed by atoms with Gasteiger partial charge >= 0.3 is 0 Å². The molecule has 0 N–H and O–H groups in total. The zero-order valence-electron chi connectivity index (χ0n) is 16.9. The van der Waals surface area contributed by atoms with Crippen LogP contribution in [0, 0.1) is 0 Å². The SMILES string of the molecule is COc1ccc(C=CC(=O)c2ccccc2CN2CCN(C)CC2)c(OC)c1. The van der Waals surface area contributed by atoms with Crippen molar-refractivity contribution in [3.8, 4) is 11.5 Å².